The molecule has 0 aliphatic rings. The second-order valence-electron chi connectivity index (χ2n) is 5.21. The molecule has 0 unspecified atom stereocenters. The molecule has 0 aliphatic carbocycles. The summed E-state index contributed by atoms with van der Waals surface area (Å²) in [5.74, 6) is 0. The number of aromatic nitrogens is 4. The van der Waals surface area contributed by atoms with Gasteiger partial charge in [0.25, 0.3) is 5.56 Å². The summed E-state index contributed by atoms with van der Waals surface area (Å²) in [6.45, 7) is 1.85. The maximum absolute atomic E-state index is 12.6. The molecular formula is C15H16N6O4. The van der Waals surface area contributed by atoms with Crippen molar-refractivity contribution in [1.29, 1.82) is 0 Å². The van der Waals surface area contributed by atoms with Crippen LogP contribution in [0, 0.1) is 0 Å². The molecule has 0 atom stereocenters. The van der Waals surface area contributed by atoms with Gasteiger partial charge in [0.2, 0.25) is 0 Å². The number of ether oxygens (including phenoxy) is 1. The highest BCUT2D eigenvalue weighted by molar-refractivity contribution is 5.75. The van der Waals surface area contributed by atoms with E-state index in [1.807, 2.05) is 0 Å². The van der Waals surface area contributed by atoms with Crippen molar-refractivity contribution in [3.8, 4) is 0 Å². The normalized spacial score (nSPS) is 11.9. The Bertz CT molecular complexity index is 1170. The van der Waals surface area contributed by atoms with E-state index < -0.39 is 17.3 Å². The zero-order valence-electron chi connectivity index (χ0n) is 13.9. The zero-order chi connectivity index (χ0) is 18.1. The summed E-state index contributed by atoms with van der Waals surface area (Å²) in [4.78, 5) is 40.7. The van der Waals surface area contributed by atoms with Crippen molar-refractivity contribution in [2.45, 2.75) is 6.92 Å². The van der Waals surface area contributed by atoms with Gasteiger partial charge in [-0.3, -0.25) is 18.3 Å². The van der Waals surface area contributed by atoms with E-state index in [1.54, 1.807) is 35.7 Å². The van der Waals surface area contributed by atoms with Crippen molar-refractivity contribution in [3.63, 3.8) is 0 Å². The first kappa shape index (κ1) is 16.4. The highest BCUT2D eigenvalue weighted by Gasteiger charge is 2.14. The first-order valence-electron chi connectivity index (χ1n) is 7.49. The van der Waals surface area contributed by atoms with Crippen molar-refractivity contribution < 1.29 is 9.53 Å². The third-order valence-electron chi connectivity index (χ3n) is 3.67. The highest BCUT2D eigenvalue weighted by atomic mass is 16.5. The molecule has 0 aliphatic heterocycles. The number of hydrogen-bond acceptors (Lipinski definition) is 6. The number of fused-ring (bicyclic) bond motifs is 2. The summed E-state index contributed by atoms with van der Waals surface area (Å²) in [7, 11) is 2.88. The molecule has 3 rings (SSSR count). The lowest BCUT2D eigenvalue weighted by molar-refractivity contribution is 0.152. The Balaban J connectivity index is 2.49. The lowest BCUT2D eigenvalue weighted by Gasteiger charge is -2.10. The molecule has 0 bridgehead atoms. The molecule has 0 aromatic carbocycles. The molecule has 0 radical (unpaired) electrons. The number of pyridine rings is 1. The first-order chi connectivity index (χ1) is 12.0. The van der Waals surface area contributed by atoms with E-state index in [4.69, 9.17) is 4.74 Å². The molecule has 25 heavy (non-hydrogen) atoms. The van der Waals surface area contributed by atoms with Crippen molar-refractivity contribution in [1.82, 2.24) is 23.9 Å². The van der Waals surface area contributed by atoms with Crippen LogP contribution in [0.25, 0.3) is 16.7 Å². The van der Waals surface area contributed by atoms with Gasteiger partial charge in [0, 0.05) is 20.3 Å². The van der Waals surface area contributed by atoms with Gasteiger partial charge in [-0.1, -0.05) is 6.07 Å². The molecule has 3 aromatic heterocycles. The minimum atomic E-state index is -0.751. The molecule has 0 saturated carbocycles. The number of carbonyl (C=O) groups is 1. The van der Waals surface area contributed by atoms with Gasteiger partial charge in [0.1, 0.15) is 11.0 Å². The molecule has 1 N–H and O–H groups in total. The number of nitrogens with one attached hydrogen (secondary N) is 1. The largest absolute Gasteiger partial charge is 0.449 e. The average Bonchev–Trinajstić information content (AvgIpc) is 2.62. The van der Waals surface area contributed by atoms with Crippen LogP contribution in [0.3, 0.4) is 0 Å². The third kappa shape index (κ3) is 2.67. The van der Waals surface area contributed by atoms with Crippen LogP contribution in [0.5, 0.6) is 0 Å². The van der Waals surface area contributed by atoms with Crippen molar-refractivity contribution >= 4 is 22.8 Å². The topological polar surface area (TPSA) is 112 Å². The van der Waals surface area contributed by atoms with E-state index in [0.717, 1.165) is 4.57 Å². The number of carbonyl (C=O) groups excluding carboxylic acids is 1. The zero-order valence-corrected chi connectivity index (χ0v) is 13.9. The smallest absolute Gasteiger partial charge is 0.427 e. The van der Waals surface area contributed by atoms with Crippen LogP contribution in [0.4, 0.5) is 4.79 Å². The van der Waals surface area contributed by atoms with E-state index in [9.17, 15) is 14.4 Å². The minimum Gasteiger partial charge on any atom is -0.449 e. The lowest BCUT2D eigenvalue weighted by atomic mass is 10.3. The van der Waals surface area contributed by atoms with Crippen LogP contribution in [-0.4, -0.2) is 31.2 Å². The number of hydrogen-bond donors (Lipinski definition) is 1. The third-order valence-corrected chi connectivity index (χ3v) is 3.67. The van der Waals surface area contributed by atoms with E-state index in [0.29, 0.717) is 5.65 Å². The maximum Gasteiger partial charge on any atom is 0.427 e. The molecular weight excluding hydrogens is 328 g/mol. The van der Waals surface area contributed by atoms with E-state index in [2.05, 4.69) is 15.5 Å². The molecule has 0 spiro atoms. The Morgan fingerprint density at radius 2 is 2.04 bits per heavy atom. The SMILES string of the molecule is CCOC(=O)N/N=c1/c2c(=O)n(C)c(=O)n(C)c2nc2ccccn12. The molecule has 10 nitrogen and oxygen atoms in total. The molecule has 3 aromatic rings. The van der Waals surface area contributed by atoms with Crippen LogP contribution in [0.2, 0.25) is 0 Å². The Kier molecular flexibility index (Phi) is 4.09. The number of amides is 1. The van der Waals surface area contributed by atoms with E-state index >= 15 is 0 Å². The van der Waals surface area contributed by atoms with Gasteiger partial charge in [0.05, 0.1) is 6.61 Å². The Labute approximate surface area is 140 Å². The molecule has 3 heterocycles. The molecule has 1 amide bonds. The second-order valence-corrected chi connectivity index (χ2v) is 5.21. The number of rotatable bonds is 2. The standard InChI is InChI=1S/C15H16N6O4/c1-4-25-14(23)18-17-12-10-11(16-9-7-5-6-8-21(9)12)19(2)15(24)20(3)13(10)22/h5-8H,4H2,1-3H3,(H,18,23)/b17-12-. The molecule has 130 valence electrons. The quantitative estimate of drug-likeness (QED) is 0.495. The Hall–Kier alpha value is -3.43. The highest BCUT2D eigenvalue weighted by Crippen LogP contribution is 2.03. The van der Waals surface area contributed by atoms with Gasteiger partial charge >= 0.3 is 11.8 Å². The minimum absolute atomic E-state index is 0.102. The number of aryl methyl sites for hydroxylation is 1. The van der Waals surface area contributed by atoms with Gasteiger partial charge in [-0.05, 0) is 19.1 Å². The molecule has 0 saturated heterocycles. The van der Waals surface area contributed by atoms with E-state index in [1.165, 1.54) is 18.7 Å². The van der Waals surface area contributed by atoms with Gasteiger partial charge in [-0.2, -0.15) is 5.10 Å². The van der Waals surface area contributed by atoms with Gasteiger partial charge < -0.3 is 4.74 Å². The first-order valence-corrected chi connectivity index (χ1v) is 7.49. The molecule has 10 heteroatoms. The van der Waals surface area contributed by atoms with Crippen LogP contribution in [-0.2, 0) is 18.8 Å². The van der Waals surface area contributed by atoms with Crippen LogP contribution in [0.15, 0.2) is 39.1 Å². The fraction of sp³-hybridized carbons (Fsp3) is 0.267. The van der Waals surface area contributed by atoms with Crippen LogP contribution in [0.1, 0.15) is 6.92 Å². The molecule has 0 fully saturated rings. The monoisotopic (exact) mass is 344 g/mol. The summed E-state index contributed by atoms with van der Waals surface area (Å²) in [5, 5.41) is 4.13. The van der Waals surface area contributed by atoms with E-state index in [-0.39, 0.29) is 23.1 Å². The predicted octanol–water partition coefficient (Wildman–Crippen LogP) is -0.553. The fourth-order valence-electron chi connectivity index (χ4n) is 2.47. The fourth-order valence-corrected chi connectivity index (χ4v) is 2.47. The summed E-state index contributed by atoms with van der Waals surface area (Å²) in [6, 6.07) is 5.19. The Morgan fingerprint density at radius 3 is 2.76 bits per heavy atom. The van der Waals surface area contributed by atoms with Gasteiger partial charge in [0.15, 0.2) is 11.1 Å². The van der Waals surface area contributed by atoms with Crippen molar-refractivity contribution in [2.24, 2.45) is 19.2 Å². The maximum atomic E-state index is 12.6. The summed E-state index contributed by atoms with van der Waals surface area (Å²) < 4.78 is 8.54. The Morgan fingerprint density at radius 1 is 1.28 bits per heavy atom. The van der Waals surface area contributed by atoms with Crippen molar-refractivity contribution in [2.75, 3.05) is 6.61 Å². The van der Waals surface area contributed by atoms with Gasteiger partial charge in [-0.15, -0.1) is 0 Å². The lowest BCUT2D eigenvalue weighted by Crippen LogP contribution is -2.41. The van der Waals surface area contributed by atoms with Crippen LogP contribution >= 0.6 is 0 Å². The predicted molar refractivity (Wildman–Crippen MR) is 88.9 cm³/mol. The second kappa shape index (κ2) is 6.23. The average molecular weight is 344 g/mol. The summed E-state index contributed by atoms with van der Waals surface area (Å²) >= 11 is 0. The van der Waals surface area contributed by atoms with Crippen LogP contribution < -0.4 is 22.2 Å². The van der Waals surface area contributed by atoms with Crippen molar-refractivity contribution in [3.05, 3.63) is 50.7 Å². The number of nitrogens with zero attached hydrogens (tertiary/aromatic N) is 5. The summed E-state index contributed by atoms with van der Waals surface area (Å²) in [6.07, 6.45) is 0.900. The summed E-state index contributed by atoms with van der Waals surface area (Å²) in [5.41, 5.74) is 1.95. The van der Waals surface area contributed by atoms with Gasteiger partial charge in [-0.25, -0.2) is 20.0 Å².